The van der Waals surface area contributed by atoms with E-state index in [1.165, 1.54) is 4.68 Å². The van der Waals surface area contributed by atoms with Crippen molar-refractivity contribution < 1.29 is 9.47 Å². The van der Waals surface area contributed by atoms with Gasteiger partial charge in [0.25, 0.3) is 5.56 Å². The number of ether oxygens (including phenoxy) is 2. The third-order valence-electron chi connectivity index (χ3n) is 5.85. The Labute approximate surface area is 247 Å². The van der Waals surface area contributed by atoms with E-state index >= 15 is 0 Å². The maximum atomic E-state index is 13.5. The van der Waals surface area contributed by atoms with Crippen molar-refractivity contribution >= 4 is 60.6 Å². The van der Waals surface area contributed by atoms with E-state index in [1.807, 2.05) is 85.8 Å². The first-order chi connectivity index (χ1) is 19.0. The van der Waals surface area contributed by atoms with Gasteiger partial charge < -0.3 is 9.47 Å². The summed E-state index contributed by atoms with van der Waals surface area (Å²) in [6.07, 6.45) is 1.60. The van der Waals surface area contributed by atoms with Crippen molar-refractivity contribution in [1.82, 2.24) is 9.66 Å². The van der Waals surface area contributed by atoms with Crippen molar-refractivity contribution in [2.45, 2.75) is 13.5 Å². The second-order valence-corrected chi connectivity index (χ2v) is 10.5. The molecule has 5 rings (SSSR count). The van der Waals surface area contributed by atoms with Crippen molar-refractivity contribution in [2.75, 3.05) is 6.61 Å². The molecule has 0 atom stereocenters. The third kappa shape index (κ3) is 5.93. The minimum Gasteiger partial charge on any atom is -0.490 e. The molecular formula is C30H22Br2ClN3O3. The highest BCUT2D eigenvalue weighted by Crippen LogP contribution is 2.43. The van der Waals surface area contributed by atoms with Gasteiger partial charge >= 0.3 is 0 Å². The molecule has 0 saturated carbocycles. The molecule has 0 aliphatic heterocycles. The molecule has 0 aliphatic carbocycles. The van der Waals surface area contributed by atoms with Crippen LogP contribution in [0.1, 0.15) is 18.1 Å². The monoisotopic (exact) mass is 665 g/mol. The average molecular weight is 668 g/mol. The fourth-order valence-corrected chi connectivity index (χ4v) is 5.02. The number of hydrogen-bond donors (Lipinski definition) is 0. The Balaban J connectivity index is 1.56. The largest absolute Gasteiger partial charge is 0.490 e. The van der Waals surface area contributed by atoms with Gasteiger partial charge in [-0.3, -0.25) is 4.79 Å². The maximum Gasteiger partial charge on any atom is 0.282 e. The van der Waals surface area contributed by atoms with Crippen LogP contribution in [0, 0.1) is 0 Å². The van der Waals surface area contributed by atoms with Crippen LogP contribution in [-0.2, 0) is 6.61 Å². The fraction of sp³-hybridized carbons (Fsp3) is 0.100. The first-order valence-electron chi connectivity index (χ1n) is 12.1. The van der Waals surface area contributed by atoms with Crippen LogP contribution in [0.3, 0.4) is 0 Å². The summed E-state index contributed by atoms with van der Waals surface area (Å²) >= 11 is 13.3. The van der Waals surface area contributed by atoms with Crippen molar-refractivity contribution in [3.8, 4) is 22.9 Å². The molecule has 9 heteroatoms. The summed E-state index contributed by atoms with van der Waals surface area (Å²) in [6, 6.07) is 26.0. The van der Waals surface area contributed by atoms with Crippen LogP contribution in [-0.4, -0.2) is 22.5 Å². The van der Waals surface area contributed by atoms with Crippen molar-refractivity contribution in [3.05, 3.63) is 120 Å². The molecule has 0 radical (unpaired) electrons. The molecule has 1 heterocycles. The summed E-state index contributed by atoms with van der Waals surface area (Å²) in [5, 5.41) is 5.74. The highest BCUT2D eigenvalue weighted by atomic mass is 79.9. The van der Waals surface area contributed by atoms with Crippen molar-refractivity contribution in [2.24, 2.45) is 5.10 Å². The van der Waals surface area contributed by atoms with E-state index in [1.54, 1.807) is 12.3 Å². The van der Waals surface area contributed by atoms with Gasteiger partial charge in [0.05, 0.1) is 28.2 Å². The summed E-state index contributed by atoms with van der Waals surface area (Å²) in [4.78, 5) is 18.2. The molecule has 0 unspecified atom stereocenters. The van der Waals surface area contributed by atoms with Gasteiger partial charge in [-0.1, -0.05) is 66.2 Å². The number of fused-ring (bicyclic) bond motifs is 1. The number of halogens is 3. The number of para-hydroxylation sites is 1. The van der Waals surface area contributed by atoms with Gasteiger partial charge in [0, 0.05) is 20.6 Å². The van der Waals surface area contributed by atoms with Crippen molar-refractivity contribution in [3.63, 3.8) is 0 Å². The van der Waals surface area contributed by atoms with E-state index < -0.39 is 0 Å². The zero-order valence-corrected chi connectivity index (χ0v) is 24.7. The topological polar surface area (TPSA) is 65.7 Å². The predicted octanol–water partition coefficient (Wildman–Crippen LogP) is 8.10. The molecule has 0 bridgehead atoms. The third-order valence-corrected chi connectivity index (χ3v) is 8.25. The lowest BCUT2D eigenvalue weighted by atomic mass is 10.2. The second kappa shape index (κ2) is 12.2. The van der Waals surface area contributed by atoms with Crippen molar-refractivity contribution in [1.29, 1.82) is 0 Å². The SMILES string of the molecule is CCOc1cc(C=Nn2c(-c3ccccc3)nc3ccccc3c2=O)c(Br)c(Br)c1OCc1ccc(Cl)cc1. The van der Waals surface area contributed by atoms with Crippen LogP contribution >= 0.6 is 43.5 Å². The maximum absolute atomic E-state index is 13.5. The minimum atomic E-state index is -0.265. The van der Waals surface area contributed by atoms with Crippen LogP contribution < -0.4 is 15.0 Å². The Morgan fingerprint density at radius 1 is 0.949 bits per heavy atom. The Morgan fingerprint density at radius 3 is 2.41 bits per heavy atom. The summed E-state index contributed by atoms with van der Waals surface area (Å²) in [5.74, 6) is 1.53. The van der Waals surface area contributed by atoms with E-state index in [9.17, 15) is 4.79 Å². The Kier molecular flexibility index (Phi) is 8.45. The van der Waals surface area contributed by atoms with E-state index in [4.69, 9.17) is 26.1 Å². The van der Waals surface area contributed by atoms with Crippen LogP contribution in [0.15, 0.2) is 104 Å². The van der Waals surface area contributed by atoms with E-state index in [2.05, 4.69) is 37.0 Å². The smallest absolute Gasteiger partial charge is 0.282 e. The molecule has 5 aromatic rings. The van der Waals surface area contributed by atoms with Gasteiger partial charge in [0.15, 0.2) is 17.3 Å². The van der Waals surface area contributed by atoms with Gasteiger partial charge in [0.2, 0.25) is 0 Å². The summed E-state index contributed by atoms with van der Waals surface area (Å²) in [6.45, 7) is 2.67. The molecule has 0 spiro atoms. The minimum absolute atomic E-state index is 0.265. The molecule has 0 N–H and O–H groups in total. The average Bonchev–Trinajstić information content (AvgIpc) is 2.96. The lowest BCUT2D eigenvalue weighted by Crippen LogP contribution is -2.20. The second-order valence-electron chi connectivity index (χ2n) is 8.45. The summed E-state index contributed by atoms with van der Waals surface area (Å²) in [5.41, 5.74) is 2.77. The molecule has 6 nitrogen and oxygen atoms in total. The lowest BCUT2D eigenvalue weighted by molar-refractivity contribution is 0.267. The standard InChI is InChI=1S/C30H22Br2ClN3O3/c1-2-38-25-16-21(26(31)27(32)28(25)39-18-19-12-14-22(33)15-13-19)17-34-36-29(20-8-4-3-5-9-20)35-24-11-7-6-10-23(24)30(36)37/h3-17H,2,18H2,1H3. The molecule has 39 heavy (non-hydrogen) atoms. The highest BCUT2D eigenvalue weighted by Gasteiger charge is 2.18. The van der Waals surface area contributed by atoms with Gasteiger partial charge in [-0.05, 0) is 74.7 Å². The number of hydrogen-bond acceptors (Lipinski definition) is 5. The zero-order chi connectivity index (χ0) is 27.4. The zero-order valence-electron chi connectivity index (χ0n) is 20.8. The molecule has 0 saturated heterocycles. The molecular weight excluding hydrogens is 646 g/mol. The van der Waals surface area contributed by atoms with Gasteiger partial charge in [-0.25, -0.2) is 4.98 Å². The van der Waals surface area contributed by atoms with E-state index in [0.29, 0.717) is 61.0 Å². The van der Waals surface area contributed by atoms with Gasteiger partial charge in [-0.15, -0.1) is 0 Å². The van der Waals surface area contributed by atoms with Crippen LogP contribution in [0.25, 0.3) is 22.3 Å². The fourth-order valence-electron chi connectivity index (χ4n) is 3.96. The summed E-state index contributed by atoms with van der Waals surface area (Å²) in [7, 11) is 0. The first-order valence-corrected chi connectivity index (χ1v) is 14.1. The number of aromatic nitrogens is 2. The van der Waals surface area contributed by atoms with Crippen LogP contribution in [0.5, 0.6) is 11.5 Å². The molecule has 4 aromatic carbocycles. The Bertz CT molecular complexity index is 1720. The number of benzene rings is 4. The number of rotatable bonds is 8. The summed E-state index contributed by atoms with van der Waals surface area (Å²) < 4.78 is 14.7. The Hall–Kier alpha value is -3.46. The normalized spacial score (nSPS) is 11.3. The predicted molar refractivity (Wildman–Crippen MR) is 163 cm³/mol. The van der Waals surface area contributed by atoms with Gasteiger partial charge in [-0.2, -0.15) is 9.78 Å². The van der Waals surface area contributed by atoms with E-state index in [-0.39, 0.29) is 5.56 Å². The lowest BCUT2D eigenvalue weighted by Gasteiger charge is -2.16. The molecule has 0 aliphatic rings. The van der Waals surface area contributed by atoms with Crippen LogP contribution in [0.4, 0.5) is 0 Å². The molecule has 0 amide bonds. The van der Waals surface area contributed by atoms with Crippen LogP contribution in [0.2, 0.25) is 5.02 Å². The molecule has 196 valence electrons. The highest BCUT2D eigenvalue weighted by molar-refractivity contribution is 9.13. The Morgan fingerprint density at radius 2 is 1.67 bits per heavy atom. The molecule has 0 fully saturated rings. The van der Waals surface area contributed by atoms with E-state index in [0.717, 1.165) is 11.1 Å². The first kappa shape index (κ1) is 27.1. The molecule has 1 aromatic heterocycles. The van der Waals surface area contributed by atoms with Gasteiger partial charge in [0.1, 0.15) is 6.61 Å². The quantitative estimate of drug-likeness (QED) is 0.157. The number of nitrogens with zero attached hydrogens (tertiary/aromatic N) is 3.